The van der Waals surface area contributed by atoms with Crippen molar-refractivity contribution in [3.8, 4) is 0 Å². The van der Waals surface area contributed by atoms with Crippen molar-refractivity contribution in [1.29, 1.82) is 0 Å². The van der Waals surface area contributed by atoms with Crippen molar-refractivity contribution in [2.75, 3.05) is 26.4 Å². The molecule has 1 saturated heterocycles. The molecule has 0 aromatic carbocycles. The predicted molar refractivity (Wildman–Crippen MR) is 81.9 cm³/mol. The van der Waals surface area contributed by atoms with Gasteiger partial charge in [-0.15, -0.1) is 0 Å². The summed E-state index contributed by atoms with van der Waals surface area (Å²) >= 11 is 3.58. The lowest BCUT2D eigenvalue weighted by molar-refractivity contribution is -0.131. The van der Waals surface area contributed by atoms with Crippen LogP contribution < -0.4 is 5.32 Å². The average Bonchev–Trinajstić information content (AvgIpc) is 2.87. The minimum atomic E-state index is -0.247. The molecule has 0 bridgehead atoms. The van der Waals surface area contributed by atoms with Crippen LogP contribution in [0.1, 0.15) is 44.9 Å². The molecule has 1 fully saturated rings. The normalized spacial score (nSPS) is 19.9. The van der Waals surface area contributed by atoms with Crippen LogP contribution in [0.15, 0.2) is 21.2 Å². The maximum absolute atomic E-state index is 6.19. The molecule has 0 radical (unpaired) electrons. The Bertz CT molecular complexity index is 396. The van der Waals surface area contributed by atoms with E-state index < -0.39 is 0 Å². The van der Waals surface area contributed by atoms with Gasteiger partial charge >= 0.3 is 0 Å². The number of rotatable bonds is 7. The quantitative estimate of drug-likeness (QED) is 0.818. The molecule has 1 aromatic heterocycles. The molecule has 0 spiro atoms. The summed E-state index contributed by atoms with van der Waals surface area (Å²) in [6, 6.07) is 1.99. The number of hydrogen-bond donors (Lipinski definition) is 1. The predicted octanol–water partition coefficient (Wildman–Crippen LogP) is 3.67. The summed E-state index contributed by atoms with van der Waals surface area (Å²) in [5.41, 5.74) is -0.247. The Morgan fingerprint density at radius 3 is 2.70 bits per heavy atom. The molecule has 1 unspecified atom stereocenters. The molecule has 5 heteroatoms. The standard InChI is InChI=1S/C15H24BrNO3/c1-3-8-17-14(13-12(16)5-9-19-13)15(20-4-2)6-10-18-11-7-15/h5,9,14,17H,3-4,6-8,10-11H2,1-2H3. The van der Waals surface area contributed by atoms with E-state index in [1.165, 1.54) is 0 Å². The lowest BCUT2D eigenvalue weighted by atomic mass is 9.84. The number of ether oxygens (including phenoxy) is 2. The van der Waals surface area contributed by atoms with Crippen LogP contribution in [0, 0.1) is 0 Å². The molecule has 2 rings (SSSR count). The first-order valence-electron chi connectivity index (χ1n) is 7.41. The zero-order valence-electron chi connectivity index (χ0n) is 12.3. The van der Waals surface area contributed by atoms with E-state index in [1.54, 1.807) is 6.26 Å². The first-order chi connectivity index (χ1) is 9.73. The van der Waals surface area contributed by atoms with Crippen molar-refractivity contribution in [3.63, 3.8) is 0 Å². The second-order valence-corrected chi connectivity index (χ2v) is 5.98. The van der Waals surface area contributed by atoms with Crippen LogP contribution in [0.25, 0.3) is 0 Å². The molecule has 1 N–H and O–H groups in total. The smallest absolute Gasteiger partial charge is 0.137 e. The largest absolute Gasteiger partial charge is 0.466 e. The summed E-state index contributed by atoms with van der Waals surface area (Å²) in [5.74, 6) is 0.925. The van der Waals surface area contributed by atoms with Crippen molar-refractivity contribution in [2.24, 2.45) is 0 Å². The minimum absolute atomic E-state index is 0.0516. The molecule has 20 heavy (non-hydrogen) atoms. The summed E-state index contributed by atoms with van der Waals surface area (Å²) in [5, 5.41) is 3.60. The minimum Gasteiger partial charge on any atom is -0.466 e. The Morgan fingerprint density at radius 2 is 2.15 bits per heavy atom. The highest BCUT2D eigenvalue weighted by Crippen LogP contribution is 2.40. The average molecular weight is 346 g/mol. The third kappa shape index (κ3) is 3.45. The zero-order valence-corrected chi connectivity index (χ0v) is 13.9. The first kappa shape index (κ1) is 16.0. The molecule has 0 amide bonds. The highest BCUT2D eigenvalue weighted by molar-refractivity contribution is 9.10. The number of furan rings is 1. The second-order valence-electron chi connectivity index (χ2n) is 5.13. The summed E-state index contributed by atoms with van der Waals surface area (Å²) in [4.78, 5) is 0. The summed E-state index contributed by atoms with van der Waals surface area (Å²) in [6.45, 7) is 7.32. The summed E-state index contributed by atoms with van der Waals surface area (Å²) in [6.07, 6.45) is 4.57. The molecule has 1 aliphatic rings. The van der Waals surface area contributed by atoms with Gasteiger partial charge in [-0.3, -0.25) is 0 Å². The first-order valence-corrected chi connectivity index (χ1v) is 8.20. The van der Waals surface area contributed by atoms with Crippen LogP contribution in [0.4, 0.5) is 0 Å². The van der Waals surface area contributed by atoms with Gasteiger partial charge in [0.25, 0.3) is 0 Å². The van der Waals surface area contributed by atoms with Crippen molar-refractivity contribution in [2.45, 2.75) is 44.8 Å². The fourth-order valence-corrected chi connectivity index (χ4v) is 3.27. The third-order valence-electron chi connectivity index (χ3n) is 3.80. The molecule has 2 heterocycles. The van der Waals surface area contributed by atoms with E-state index >= 15 is 0 Å². The van der Waals surface area contributed by atoms with E-state index in [1.807, 2.05) is 13.0 Å². The Kier molecular flexibility index (Phi) is 6.08. The maximum Gasteiger partial charge on any atom is 0.137 e. The third-order valence-corrected chi connectivity index (χ3v) is 4.46. The van der Waals surface area contributed by atoms with Gasteiger partial charge in [0, 0.05) is 32.7 Å². The molecule has 1 atom stereocenters. The summed E-state index contributed by atoms with van der Waals surface area (Å²) in [7, 11) is 0. The van der Waals surface area contributed by atoms with Crippen molar-refractivity contribution in [1.82, 2.24) is 5.32 Å². The van der Waals surface area contributed by atoms with Crippen molar-refractivity contribution in [3.05, 3.63) is 22.6 Å². The van der Waals surface area contributed by atoms with Gasteiger partial charge in [-0.05, 0) is 41.9 Å². The fraction of sp³-hybridized carbons (Fsp3) is 0.733. The molecule has 4 nitrogen and oxygen atoms in total. The van der Waals surface area contributed by atoms with Gasteiger partial charge in [-0.1, -0.05) is 6.92 Å². The Balaban J connectivity index is 2.29. The SMILES string of the molecule is CCCNC(c1occc1Br)C1(OCC)CCOCC1. The monoisotopic (exact) mass is 345 g/mol. The van der Waals surface area contributed by atoms with E-state index in [2.05, 4.69) is 28.2 Å². The Labute approximate surface area is 129 Å². The van der Waals surface area contributed by atoms with Gasteiger partial charge in [0.2, 0.25) is 0 Å². The summed E-state index contributed by atoms with van der Waals surface area (Å²) < 4.78 is 18.4. The topological polar surface area (TPSA) is 43.6 Å². The van der Waals surface area contributed by atoms with E-state index in [0.29, 0.717) is 6.61 Å². The van der Waals surface area contributed by atoms with Gasteiger partial charge < -0.3 is 19.2 Å². The van der Waals surface area contributed by atoms with Crippen LogP contribution in [0.3, 0.4) is 0 Å². The van der Waals surface area contributed by atoms with Gasteiger partial charge in [0.1, 0.15) is 5.76 Å². The highest BCUT2D eigenvalue weighted by Gasteiger charge is 2.44. The lowest BCUT2D eigenvalue weighted by Gasteiger charge is -2.42. The zero-order chi connectivity index (χ0) is 14.4. The van der Waals surface area contributed by atoms with Gasteiger partial charge in [0.15, 0.2) is 0 Å². The van der Waals surface area contributed by atoms with Crippen molar-refractivity contribution >= 4 is 15.9 Å². The highest BCUT2D eigenvalue weighted by atomic mass is 79.9. The Morgan fingerprint density at radius 1 is 1.40 bits per heavy atom. The molecule has 0 aliphatic carbocycles. The van der Waals surface area contributed by atoms with Gasteiger partial charge in [0.05, 0.1) is 22.4 Å². The number of nitrogens with one attached hydrogen (secondary N) is 1. The maximum atomic E-state index is 6.19. The van der Waals surface area contributed by atoms with Crippen LogP contribution in [-0.2, 0) is 9.47 Å². The fourth-order valence-electron chi connectivity index (χ4n) is 2.84. The molecular formula is C15H24BrNO3. The van der Waals surface area contributed by atoms with Crippen molar-refractivity contribution < 1.29 is 13.9 Å². The molecular weight excluding hydrogens is 322 g/mol. The van der Waals surface area contributed by atoms with Gasteiger partial charge in [-0.25, -0.2) is 0 Å². The Hall–Kier alpha value is -0.360. The molecule has 1 aromatic rings. The van der Waals surface area contributed by atoms with Crippen LogP contribution in [-0.4, -0.2) is 32.0 Å². The molecule has 114 valence electrons. The van der Waals surface area contributed by atoms with Crippen LogP contribution in [0.5, 0.6) is 0 Å². The van der Waals surface area contributed by atoms with E-state index in [0.717, 1.165) is 49.3 Å². The second kappa shape index (κ2) is 7.59. The lowest BCUT2D eigenvalue weighted by Crippen LogP contribution is -2.50. The number of halogens is 1. The van der Waals surface area contributed by atoms with E-state index in [4.69, 9.17) is 13.9 Å². The number of hydrogen-bond acceptors (Lipinski definition) is 4. The van der Waals surface area contributed by atoms with Crippen LogP contribution in [0.2, 0.25) is 0 Å². The van der Waals surface area contributed by atoms with Gasteiger partial charge in [-0.2, -0.15) is 0 Å². The molecule has 0 saturated carbocycles. The van der Waals surface area contributed by atoms with E-state index in [-0.39, 0.29) is 11.6 Å². The van der Waals surface area contributed by atoms with E-state index in [9.17, 15) is 0 Å². The van der Waals surface area contributed by atoms with Crippen LogP contribution >= 0.6 is 15.9 Å². The molecule has 1 aliphatic heterocycles.